The number of nitrogens with one attached hydrogen (secondary N) is 1. The molecule has 0 unspecified atom stereocenters. The number of rotatable bonds is 6. The topological polar surface area (TPSA) is 111 Å². The summed E-state index contributed by atoms with van der Waals surface area (Å²) in [6.45, 7) is 4.98. The van der Waals surface area contributed by atoms with Crippen molar-refractivity contribution in [3.05, 3.63) is 30.0 Å². The highest BCUT2D eigenvalue weighted by atomic mass is 16.5. The minimum Gasteiger partial charge on any atom is -0.460 e. The van der Waals surface area contributed by atoms with Crippen LogP contribution in [0.2, 0.25) is 0 Å². The van der Waals surface area contributed by atoms with Gasteiger partial charge in [-0.3, -0.25) is 0 Å². The molecule has 1 saturated heterocycles. The molecule has 2 aromatic rings. The highest BCUT2D eigenvalue weighted by Gasteiger charge is 2.24. The first-order chi connectivity index (χ1) is 14.7. The summed E-state index contributed by atoms with van der Waals surface area (Å²) in [5.74, 6) is 2.23. The third kappa shape index (κ3) is 5.35. The van der Waals surface area contributed by atoms with Gasteiger partial charge in [0.25, 0.3) is 0 Å². The second-order valence-electron chi connectivity index (χ2n) is 7.70. The number of ether oxygens (including phenoxy) is 2. The second kappa shape index (κ2) is 9.71. The highest BCUT2D eigenvalue weighted by Crippen LogP contribution is 2.27. The third-order valence-electron chi connectivity index (χ3n) is 5.43. The fourth-order valence-corrected chi connectivity index (χ4v) is 3.79. The quantitative estimate of drug-likeness (QED) is 0.551. The van der Waals surface area contributed by atoms with Gasteiger partial charge in [-0.1, -0.05) is 6.07 Å². The van der Waals surface area contributed by atoms with E-state index in [0.29, 0.717) is 31.1 Å². The van der Waals surface area contributed by atoms with E-state index in [0.717, 1.165) is 56.0 Å². The van der Waals surface area contributed by atoms with Crippen molar-refractivity contribution in [1.82, 2.24) is 15.0 Å². The van der Waals surface area contributed by atoms with Gasteiger partial charge in [-0.25, -0.2) is 9.98 Å². The van der Waals surface area contributed by atoms with Crippen molar-refractivity contribution in [2.45, 2.75) is 44.8 Å². The van der Waals surface area contributed by atoms with Crippen LogP contribution in [0.5, 0.6) is 6.01 Å². The Kier molecular flexibility index (Phi) is 6.58. The van der Waals surface area contributed by atoms with Crippen molar-refractivity contribution in [2.24, 2.45) is 10.7 Å². The largest absolute Gasteiger partial charge is 0.460 e. The average molecular weight is 412 g/mol. The van der Waals surface area contributed by atoms with Crippen molar-refractivity contribution < 1.29 is 9.47 Å². The van der Waals surface area contributed by atoms with Crippen molar-refractivity contribution in [2.75, 3.05) is 36.5 Å². The molecule has 2 aromatic heterocycles. The Bertz CT molecular complexity index is 845. The molecule has 0 atom stereocenters. The van der Waals surface area contributed by atoms with Crippen LogP contribution in [0.3, 0.4) is 0 Å². The van der Waals surface area contributed by atoms with Crippen LogP contribution >= 0.6 is 0 Å². The second-order valence-corrected chi connectivity index (χ2v) is 7.70. The lowest BCUT2D eigenvalue weighted by atomic mass is 9.93. The molecule has 0 bridgehead atoms. The first kappa shape index (κ1) is 20.3. The molecule has 0 aromatic carbocycles. The van der Waals surface area contributed by atoms with E-state index < -0.39 is 0 Å². The Morgan fingerprint density at radius 1 is 1.20 bits per heavy atom. The number of nitrogens with two attached hydrogens (primary N) is 1. The summed E-state index contributed by atoms with van der Waals surface area (Å²) in [5, 5.41) is 3.52. The molecule has 4 rings (SSSR count). The molecule has 3 heterocycles. The van der Waals surface area contributed by atoms with Crippen LogP contribution in [-0.2, 0) is 4.74 Å². The molecule has 0 radical (unpaired) electrons. The number of hydrogen-bond acceptors (Lipinski definition) is 8. The molecule has 160 valence electrons. The summed E-state index contributed by atoms with van der Waals surface area (Å²) in [6.07, 6.45) is 7.11. The lowest BCUT2D eigenvalue weighted by Crippen LogP contribution is -2.37. The predicted molar refractivity (Wildman–Crippen MR) is 117 cm³/mol. The Labute approximate surface area is 176 Å². The maximum atomic E-state index is 6.15. The Balaban J connectivity index is 1.36. The van der Waals surface area contributed by atoms with E-state index in [1.807, 2.05) is 25.3 Å². The molecule has 9 nitrogen and oxygen atoms in total. The third-order valence-corrected chi connectivity index (χ3v) is 5.43. The van der Waals surface area contributed by atoms with Crippen LogP contribution in [-0.4, -0.2) is 59.7 Å². The molecule has 0 amide bonds. The summed E-state index contributed by atoms with van der Waals surface area (Å²) in [6, 6.07) is 6.69. The predicted octanol–water partition coefficient (Wildman–Crippen LogP) is 2.44. The fourth-order valence-electron chi connectivity index (χ4n) is 3.79. The van der Waals surface area contributed by atoms with Gasteiger partial charge in [-0.15, -0.1) is 0 Å². The SMILES string of the molecule is Cc1ccc(NC2CCC(Oc3nc(/N=C\N)cc(N4CCOCC4)n3)CC2)nc1. The van der Waals surface area contributed by atoms with E-state index in [2.05, 4.69) is 36.2 Å². The van der Waals surface area contributed by atoms with Gasteiger partial charge < -0.3 is 25.4 Å². The molecule has 3 N–H and O–H groups in total. The van der Waals surface area contributed by atoms with Crippen LogP contribution in [0, 0.1) is 6.92 Å². The van der Waals surface area contributed by atoms with Gasteiger partial charge in [0.15, 0.2) is 5.82 Å². The number of nitrogens with zero attached hydrogens (tertiary/aromatic N) is 5. The normalized spacial score (nSPS) is 22.2. The zero-order chi connectivity index (χ0) is 20.8. The monoisotopic (exact) mass is 411 g/mol. The maximum Gasteiger partial charge on any atom is 0.320 e. The first-order valence-electron chi connectivity index (χ1n) is 10.5. The van der Waals surface area contributed by atoms with E-state index in [1.165, 1.54) is 6.34 Å². The van der Waals surface area contributed by atoms with Crippen LogP contribution in [0.25, 0.3) is 0 Å². The molecule has 2 aliphatic rings. The van der Waals surface area contributed by atoms with Gasteiger partial charge in [0.2, 0.25) is 0 Å². The van der Waals surface area contributed by atoms with Gasteiger partial charge in [0, 0.05) is 31.4 Å². The molecule has 1 aliphatic heterocycles. The van der Waals surface area contributed by atoms with Crippen molar-refractivity contribution in [3.8, 4) is 6.01 Å². The minimum atomic E-state index is 0.0867. The van der Waals surface area contributed by atoms with Gasteiger partial charge in [0.05, 0.1) is 19.6 Å². The molecule has 9 heteroatoms. The fraction of sp³-hybridized carbons (Fsp3) is 0.524. The number of aryl methyl sites for hydroxylation is 1. The number of hydrogen-bond donors (Lipinski definition) is 2. The van der Waals surface area contributed by atoms with Gasteiger partial charge >= 0.3 is 6.01 Å². The van der Waals surface area contributed by atoms with E-state index in [4.69, 9.17) is 15.2 Å². The standard InChI is InChI=1S/C21H29N7O2/c1-15-2-7-18(23-13-15)25-16-3-5-17(6-4-16)30-21-26-19(24-14-22)12-20(27-21)28-8-10-29-11-9-28/h2,7,12-14,16-17H,3-6,8-11H2,1H3,(H,23,25)(H2,22,24,26,27). The number of anilines is 2. The average Bonchev–Trinajstić information content (AvgIpc) is 2.77. The van der Waals surface area contributed by atoms with Crippen molar-refractivity contribution in [1.29, 1.82) is 0 Å². The van der Waals surface area contributed by atoms with Crippen molar-refractivity contribution in [3.63, 3.8) is 0 Å². The lowest BCUT2D eigenvalue weighted by molar-refractivity contribution is 0.121. The summed E-state index contributed by atoms with van der Waals surface area (Å²) < 4.78 is 11.6. The van der Waals surface area contributed by atoms with Gasteiger partial charge in [0.1, 0.15) is 17.7 Å². The number of aliphatic imine (C=N–C) groups is 1. The first-order valence-corrected chi connectivity index (χ1v) is 10.5. The highest BCUT2D eigenvalue weighted by molar-refractivity contribution is 5.59. The molecule has 30 heavy (non-hydrogen) atoms. The Hall–Kier alpha value is -2.94. The lowest BCUT2D eigenvalue weighted by Gasteiger charge is -2.30. The zero-order valence-corrected chi connectivity index (χ0v) is 17.3. The Morgan fingerprint density at radius 3 is 2.70 bits per heavy atom. The van der Waals surface area contributed by atoms with Crippen LogP contribution in [0.4, 0.5) is 17.5 Å². The van der Waals surface area contributed by atoms with Crippen LogP contribution < -0.4 is 20.7 Å². The molecule has 0 spiro atoms. The molecule has 1 aliphatic carbocycles. The van der Waals surface area contributed by atoms with E-state index in [9.17, 15) is 0 Å². The number of pyridine rings is 1. The minimum absolute atomic E-state index is 0.0867. The molecular formula is C21H29N7O2. The number of aromatic nitrogens is 3. The molecule has 2 fully saturated rings. The molecular weight excluding hydrogens is 382 g/mol. The summed E-state index contributed by atoms with van der Waals surface area (Å²) in [7, 11) is 0. The zero-order valence-electron chi connectivity index (χ0n) is 17.3. The van der Waals surface area contributed by atoms with Crippen molar-refractivity contribution >= 4 is 23.8 Å². The summed E-state index contributed by atoms with van der Waals surface area (Å²) >= 11 is 0. The number of morpholine rings is 1. The maximum absolute atomic E-state index is 6.15. The van der Waals surface area contributed by atoms with E-state index >= 15 is 0 Å². The van der Waals surface area contributed by atoms with E-state index in [1.54, 1.807) is 0 Å². The smallest absolute Gasteiger partial charge is 0.320 e. The molecule has 1 saturated carbocycles. The Morgan fingerprint density at radius 2 is 2.00 bits per heavy atom. The van der Waals surface area contributed by atoms with E-state index in [-0.39, 0.29) is 6.10 Å². The van der Waals surface area contributed by atoms with Gasteiger partial charge in [-0.05, 0) is 44.2 Å². The summed E-state index contributed by atoms with van der Waals surface area (Å²) in [4.78, 5) is 19.8. The van der Waals surface area contributed by atoms with Crippen LogP contribution in [0.1, 0.15) is 31.2 Å². The van der Waals surface area contributed by atoms with Crippen LogP contribution in [0.15, 0.2) is 29.4 Å². The van der Waals surface area contributed by atoms with Gasteiger partial charge in [-0.2, -0.15) is 9.97 Å². The summed E-state index contributed by atoms with van der Waals surface area (Å²) in [5.41, 5.74) is 6.63.